The van der Waals surface area contributed by atoms with E-state index < -0.39 is 5.97 Å². The number of likely N-dealkylation sites (tertiary alicyclic amines) is 1. The minimum atomic E-state index is -0.779. The molecule has 3 fully saturated rings. The largest absolute Gasteiger partial charge is 0.481 e. The number of aliphatic carboxylic acids is 1. The molecule has 2 N–H and O–H groups in total. The van der Waals surface area contributed by atoms with Crippen LogP contribution in [0, 0.1) is 17.8 Å². The van der Waals surface area contributed by atoms with Gasteiger partial charge in [-0.05, 0) is 38.0 Å². The lowest BCUT2D eigenvalue weighted by Gasteiger charge is -2.42. The number of carbonyl (C=O) groups excluding carboxylic acids is 2. The van der Waals surface area contributed by atoms with Crippen molar-refractivity contribution in [1.29, 1.82) is 0 Å². The highest BCUT2D eigenvalue weighted by atomic mass is 16.4. The number of nitrogens with one attached hydrogen (secondary N) is 1. The molecule has 3 aliphatic rings. The molecule has 2 saturated heterocycles. The third-order valence-electron chi connectivity index (χ3n) is 5.27. The summed E-state index contributed by atoms with van der Waals surface area (Å²) in [5.74, 6) is -0.660. The Balaban J connectivity index is 1.57. The fourth-order valence-corrected chi connectivity index (χ4v) is 4.00. The van der Waals surface area contributed by atoms with Gasteiger partial charge in [0.05, 0.1) is 5.92 Å². The monoisotopic (exact) mass is 294 g/mol. The number of carbonyl (C=O) groups is 3. The van der Waals surface area contributed by atoms with Crippen molar-refractivity contribution >= 4 is 17.8 Å². The fraction of sp³-hybridized carbons (Fsp3) is 0.800. The van der Waals surface area contributed by atoms with Crippen molar-refractivity contribution in [1.82, 2.24) is 10.2 Å². The highest BCUT2D eigenvalue weighted by molar-refractivity contribution is 5.81. The van der Waals surface area contributed by atoms with Crippen LogP contribution in [0.5, 0.6) is 0 Å². The van der Waals surface area contributed by atoms with Gasteiger partial charge >= 0.3 is 5.97 Å². The zero-order valence-corrected chi connectivity index (χ0v) is 12.1. The molecule has 2 aliphatic heterocycles. The summed E-state index contributed by atoms with van der Waals surface area (Å²) in [4.78, 5) is 36.8. The van der Waals surface area contributed by atoms with Gasteiger partial charge in [-0.3, -0.25) is 14.4 Å². The molecule has 0 radical (unpaired) electrons. The predicted octanol–water partition coefficient (Wildman–Crippen LogP) is 0.614. The summed E-state index contributed by atoms with van der Waals surface area (Å²) in [5, 5.41) is 12.1. The Labute approximate surface area is 123 Å². The van der Waals surface area contributed by atoms with Crippen molar-refractivity contribution < 1.29 is 19.5 Å². The lowest BCUT2D eigenvalue weighted by Crippen LogP contribution is -2.55. The number of carboxylic acids is 1. The topological polar surface area (TPSA) is 86.7 Å². The molecule has 4 unspecified atom stereocenters. The van der Waals surface area contributed by atoms with Crippen molar-refractivity contribution in [3.63, 3.8) is 0 Å². The Morgan fingerprint density at radius 3 is 2.62 bits per heavy atom. The number of piperidine rings is 2. The van der Waals surface area contributed by atoms with Crippen LogP contribution in [0.25, 0.3) is 0 Å². The average molecular weight is 294 g/mol. The number of amides is 2. The Bertz CT molecular complexity index is 465. The van der Waals surface area contributed by atoms with E-state index in [1.807, 2.05) is 4.90 Å². The summed E-state index contributed by atoms with van der Waals surface area (Å²) < 4.78 is 0. The summed E-state index contributed by atoms with van der Waals surface area (Å²) in [6, 6.07) is 0.214. The molecule has 21 heavy (non-hydrogen) atoms. The van der Waals surface area contributed by atoms with Gasteiger partial charge in [0, 0.05) is 31.5 Å². The summed E-state index contributed by atoms with van der Waals surface area (Å²) >= 11 is 0. The summed E-state index contributed by atoms with van der Waals surface area (Å²) in [6.07, 6.45) is 4.00. The SMILES string of the molecule is O=C1CCC2CN(C(=O)C3CCC(C(=O)O)C3)CCC2N1. The molecule has 1 saturated carbocycles. The summed E-state index contributed by atoms with van der Waals surface area (Å²) in [6.45, 7) is 1.38. The maximum Gasteiger partial charge on any atom is 0.306 e. The Kier molecular flexibility index (Phi) is 3.87. The van der Waals surface area contributed by atoms with Gasteiger partial charge in [-0.25, -0.2) is 0 Å². The van der Waals surface area contributed by atoms with E-state index >= 15 is 0 Å². The average Bonchev–Trinajstić information content (AvgIpc) is 2.96. The number of nitrogens with zero attached hydrogens (tertiary/aromatic N) is 1. The smallest absolute Gasteiger partial charge is 0.306 e. The van der Waals surface area contributed by atoms with Crippen molar-refractivity contribution in [2.24, 2.45) is 17.8 Å². The third kappa shape index (κ3) is 2.89. The van der Waals surface area contributed by atoms with Gasteiger partial charge in [-0.1, -0.05) is 0 Å². The zero-order valence-electron chi connectivity index (χ0n) is 12.1. The second-order valence-electron chi connectivity index (χ2n) is 6.59. The minimum absolute atomic E-state index is 0.120. The Morgan fingerprint density at radius 1 is 1.14 bits per heavy atom. The van der Waals surface area contributed by atoms with Crippen LogP contribution in [0.15, 0.2) is 0 Å². The van der Waals surface area contributed by atoms with E-state index in [1.54, 1.807) is 0 Å². The molecule has 0 aromatic rings. The van der Waals surface area contributed by atoms with Crippen LogP contribution in [-0.4, -0.2) is 46.9 Å². The van der Waals surface area contributed by atoms with Gasteiger partial charge < -0.3 is 15.3 Å². The highest BCUT2D eigenvalue weighted by Crippen LogP contribution is 2.34. The lowest BCUT2D eigenvalue weighted by molar-refractivity contribution is -0.142. The van der Waals surface area contributed by atoms with Gasteiger partial charge in [0.2, 0.25) is 11.8 Å². The molecule has 0 aromatic carbocycles. The van der Waals surface area contributed by atoms with Gasteiger partial charge in [0.1, 0.15) is 0 Å². The van der Waals surface area contributed by atoms with E-state index in [9.17, 15) is 14.4 Å². The maximum atomic E-state index is 12.6. The van der Waals surface area contributed by atoms with E-state index in [-0.39, 0.29) is 29.7 Å². The molecule has 6 heteroatoms. The molecule has 0 bridgehead atoms. The zero-order chi connectivity index (χ0) is 15.0. The first-order valence-corrected chi connectivity index (χ1v) is 7.85. The van der Waals surface area contributed by atoms with Crippen LogP contribution < -0.4 is 5.32 Å². The number of hydrogen-bond donors (Lipinski definition) is 2. The molecule has 0 spiro atoms. The first-order chi connectivity index (χ1) is 10.0. The fourth-order valence-electron chi connectivity index (χ4n) is 4.00. The van der Waals surface area contributed by atoms with Gasteiger partial charge in [-0.2, -0.15) is 0 Å². The summed E-state index contributed by atoms with van der Waals surface area (Å²) in [5.41, 5.74) is 0. The third-order valence-corrected chi connectivity index (χ3v) is 5.27. The summed E-state index contributed by atoms with van der Waals surface area (Å²) in [7, 11) is 0. The number of rotatable bonds is 2. The number of hydrogen-bond acceptors (Lipinski definition) is 3. The van der Waals surface area contributed by atoms with Crippen LogP contribution in [0.3, 0.4) is 0 Å². The molecule has 2 heterocycles. The van der Waals surface area contributed by atoms with E-state index in [1.165, 1.54) is 0 Å². The van der Waals surface area contributed by atoms with Crippen LogP contribution >= 0.6 is 0 Å². The van der Waals surface area contributed by atoms with Crippen LogP contribution in [0.1, 0.15) is 38.5 Å². The van der Waals surface area contributed by atoms with E-state index in [2.05, 4.69) is 5.32 Å². The van der Waals surface area contributed by atoms with Crippen molar-refractivity contribution in [3.8, 4) is 0 Å². The molecule has 2 amide bonds. The molecular formula is C15H22N2O4. The molecule has 3 rings (SSSR count). The van der Waals surface area contributed by atoms with Crippen molar-refractivity contribution in [3.05, 3.63) is 0 Å². The van der Waals surface area contributed by atoms with Crippen LogP contribution in [-0.2, 0) is 14.4 Å². The molecule has 1 aliphatic carbocycles. The first-order valence-electron chi connectivity index (χ1n) is 7.85. The van der Waals surface area contributed by atoms with Crippen LogP contribution in [0.2, 0.25) is 0 Å². The molecular weight excluding hydrogens is 272 g/mol. The highest BCUT2D eigenvalue weighted by Gasteiger charge is 2.40. The second-order valence-corrected chi connectivity index (χ2v) is 6.59. The Morgan fingerprint density at radius 2 is 1.90 bits per heavy atom. The van der Waals surface area contributed by atoms with Gasteiger partial charge in [0.15, 0.2) is 0 Å². The predicted molar refractivity (Wildman–Crippen MR) is 74.3 cm³/mol. The quantitative estimate of drug-likeness (QED) is 0.781. The standard InChI is InChI=1S/C15H22N2O4/c18-13-4-3-11-8-17(6-5-12(11)16-13)14(19)9-1-2-10(7-9)15(20)21/h9-12H,1-8H2,(H,16,18)(H,20,21). The van der Waals surface area contributed by atoms with E-state index in [0.29, 0.717) is 44.7 Å². The van der Waals surface area contributed by atoms with Gasteiger partial charge in [-0.15, -0.1) is 0 Å². The van der Waals surface area contributed by atoms with E-state index in [0.717, 1.165) is 12.8 Å². The van der Waals surface area contributed by atoms with Crippen molar-refractivity contribution in [2.45, 2.75) is 44.6 Å². The lowest BCUT2D eigenvalue weighted by atomic mass is 9.84. The Hall–Kier alpha value is -1.59. The number of carboxylic acid groups (broad SMARTS) is 1. The molecule has 116 valence electrons. The minimum Gasteiger partial charge on any atom is -0.481 e. The maximum absolute atomic E-state index is 12.6. The van der Waals surface area contributed by atoms with E-state index in [4.69, 9.17) is 5.11 Å². The number of fused-ring (bicyclic) bond motifs is 1. The second kappa shape index (κ2) is 5.66. The molecule has 6 nitrogen and oxygen atoms in total. The van der Waals surface area contributed by atoms with Crippen molar-refractivity contribution in [2.75, 3.05) is 13.1 Å². The molecule has 0 aromatic heterocycles. The molecule has 4 atom stereocenters. The first kappa shape index (κ1) is 14.4. The van der Waals surface area contributed by atoms with Gasteiger partial charge in [0.25, 0.3) is 0 Å². The van der Waals surface area contributed by atoms with Crippen LogP contribution in [0.4, 0.5) is 0 Å². The normalized spacial score (nSPS) is 36.0.